The summed E-state index contributed by atoms with van der Waals surface area (Å²) in [7, 11) is 3.33. The minimum atomic E-state index is -0.249. The Hall–Kier alpha value is -0.650. The lowest BCUT2D eigenvalue weighted by Crippen LogP contribution is -2.52. The molecule has 1 amide bonds. The fraction of sp³-hybridized carbons (Fsp3) is 0.929. The molecule has 1 atom stereocenters. The van der Waals surface area contributed by atoms with Gasteiger partial charge in [0.1, 0.15) is 0 Å². The summed E-state index contributed by atoms with van der Waals surface area (Å²) in [5.41, 5.74) is -0.249. The van der Waals surface area contributed by atoms with Crippen LogP contribution in [0.2, 0.25) is 0 Å². The second kappa shape index (κ2) is 7.82. The van der Waals surface area contributed by atoms with E-state index in [9.17, 15) is 4.79 Å². The molecule has 0 bridgehead atoms. The van der Waals surface area contributed by atoms with Crippen LogP contribution in [0.1, 0.15) is 26.7 Å². The van der Waals surface area contributed by atoms with E-state index < -0.39 is 0 Å². The normalized spacial score (nSPS) is 20.0. The van der Waals surface area contributed by atoms with Crippen LogP contribution in [0.15, 0.2) is 0 Å². The third-order valence-corrected chi connectivity index (χ3v) is 3.96. The molecule has 112 valence electrons. The average molecular weight is 272 g/mol. The number of ether oxygens (including phenoxy) is 2. The summed E-state index contributed by atoms with van der Waals surface area (Å²) in [5, 5.41) is 3.31. The molecule has 0 aromatic carbocycles. The van der Waals surface area contributed by atoms with Gasteiger partial charge >= 0.3 is 0 Å². The molecule has 1 unspecified atom stereocenters. The summed E-state index contributed by atoms with van der Waals surface area (Å²) in [6, 6.07) is 0.0827. The molecule has 1 heterocycles. The van der Waals surface area contributed by atoms with Gasteiger partial charge in [-0.15, -0.1) is 0 Å². The molecule has 0 spiro atoms. The Bertz CT molecular complexity index is 278. The van der Waals surface area contributed by atoms with E-state index in [0.717, 1.165) is 25.9 Å². The van der Waals surface area contributed by atoms with Gasteiger partial charge in [0.25, 0.3) is 0 Å². The minimum absolute atomic E-state index is 0.0827. The Morgan fingerprint density at radius 1 is 1.32 bits per heavy atom. The molecule has 0 aromatic rings. The lowest BCUT2D eigenvalue weighted by molar-refractivity contribution is -0.146. The number of hydrogen-bond acceptors (Lipinski definition) is 4. The predicted molar refractivity (Wildman–Crippen MR) is 75.1 cm³/mol. The van der Waals surface area contributed by atoms with Crippen LogP contribution < -0.4 is 5.32 Å². The van der Waals surface area contributed by atoms with Crippen molar-refractivity contribution < 1.29 is 14.3 Å². The molecule has 1 N–H and O–H groups in total. The molecule has 0 aromatic heterocycles. The first-order chi connectivity index (χ1) is 9.05. The van der Waals surface area contributed by atoms with Crippen LogP contribution in [0.25, 0.3) is 0 Å². The van der Waals surface area contributed by atoms with Crippen molar-refractivity contribution >= 4 is 5.91 Å². The Morgan fingerprint density at radius 2 is 1.95 bits per heavy atom. The van der Waals surface area contributed by atoms with Gasteiger partial charge in [-0.1, -0.05) is 6.92 Å². The first-order valence-corrected chi connectivity index (χ1v) is 7.05. The van der Waals surface area contributed by atoms with Gasteiger partial charge in [-0.2, -0.15) is 0 Å². The Labute approximate surface area is 116 Å². The van der Waals surface area contributed by atoms with Crippen LogP contribution in [0.4, 0.5) is 0 Å². The maximum atomic E-state index is 12.8. The number of rotatable bonds is 7. The summed E-state index contributed by atoms with van der Waals surface area (Å²) >= 11 is 0. The molecule has 1 aliphatic rings. The van der Waals surface area contributed by atoms with Crippen molar-refractivity contribution in [3.8, 4) is 0 Å². The number of carbonyl (C=O) groups is 1. The fourth-order valence-corrected chi connectivity index (χ4v) is 2.58. The fourth-order valence-electron chi connectivity index (χ4n) is 2.58. The molecule has 19 heavy (non-hydrogen) atoms. The smallest absolute Gasteiger partial charge is 0.229 e. The van der Waals surface area contributed by atoms with Crippen molar-refractivity contribution in [3.63, 3.8) is 0 Å². The second-order valence-electron chi connectivity index (χ2n) is 5.61. The SMILES string of the molecule is COCCN(C(=O)C1(C)CCNCC1)C(C)COC. The number of carbonyl (C=O) groups excluding carboxylic acids is 1. The number of methoxy groups -OCH3 is 2. The maximum Gasteiger partial charge on any atom is 0.229 e. The first kappa shape index (κ1) is 16.4. The van der Waals surface area contributed by atoms with Crippen LogP contribution in [0.5, 0.6) is 0 Å². The molecule has 5 heteroatoms. The highest BCUT2D eigenvalue weighted by atomic mass is 16.5. The van der Waals surface area contributed by atoms with E-state index in [2.05, 4.69) is 12.2 Å². The highest BCUT2D eigenvalue weighted by Gasteiger charge is 2.38. The average Bonchev–Trinajstić information content (AvgIpc) is 2.40. The molecule has 0 radical (unpaired) electrons. The van der Waals surface area contributed by atoms with Crippen LogP contribution in [0.3, 0.4) is 0 Å². The monoisotopic (exact) mass is 272 g/mol. The third kappa shape index (κ3) is 4.44. The molecule has 1 rings (SSSR count). The third-order valence-electron chi connectivity index (χ3n) is 3.96. The number of piperidine rings is 1. The maximum absolute atomic E-state index is 12.8. The van der Waals surface area contributed by atoms with Gasteiger partial charge in [0.15, 0.2) is 0 Å². The first-order valence-electron chi connectivity index (χ1n) is 7.05. The quantitative estimate of drug-likeness (QED) is 0.748. The van der Waals surface area contributed by atoms with Crippen molar-refractivity contribution in [1.29, 1.82) is 0 Å². The largest absolute Gasteiger partial charge is 0.383 e. The zero-order valence-corrected chi connectivity index (χ0v) is 12.7. The second-order valence-corrected chi connectivity index (χ2v) is 5.61. The van der Waals surface area contributed by atoms with E-state index in [1.165, 1.54) is 0 Å². The zero-order chi connectivity index (χ0) is 14.3. The molecule has 1 saturated heterocycles. The Morgan fingerprint density at radius 3 is 2.47 bits per heavy atom. The van der Waals surface area contributed by atoms with Crippen LogP contribution in [-0.4, -0.2) is 63.9 Å². The van der Waals surface area contributed by atoms with Crippen LogP contribution >= 0.6 is 0 Å². The molecule has 0 saturated carbocycles. The summed E-state index contributed by atoms with van der Waals surface area (Å²) in [5.74, 6) is 0.232. The van der Waals surface area contributed by atoms with E-state index in [1.807, 2.05) is 11.8 Å². The molecule has 5 nitrogen and oxygen atoms in total. The number of nitrogens with zero attached hydrogens (tertiary/aromatic N) is 1. The molecule has 1 aliphatic heterocycles. The zero-order valence-electron chi connectivity index (χ0n) is 12.7. The Balaban J connectivity index is 2.73. The summed E-state index contributed by atoms with van der Waals surface area (Å²) in [4.78, 5) is 14.7. The summed E-state index contributed by atoms with van der Waals surface area (Å²) < 4.78 is 10.3. The van der Waals surface area contributed by atoms with Gasteiger partial charge in [-0.3, -0.25) is 4.79 Å². The number of nitrogens with one attached hydrogen (secondary N) is 1. The summed E-state index contributed by atoms with van der Waals surface area (Å²) in [6.45, 7) is 7.69. The Kier molecular flexibility index (Phi) is 6.75. The summed E-state index contributed by atoms with van der Waals surface area (Å²) in [6.07, 6.45) is 1.80. The van der Waals surface area contributed by atoms with E-state index >= 15 is 0 Å². The topological polar surface area (TPSA) is 50.8 Å². The number of hydrogen-bond donors (Lipinski definition) is 1. The van der Waals surface area contributed by atoms with E-state index in [4.69, 9.17) is 9.47 Å². The van der Waals surface area contributed by atoms with E-state index in [-0.39, 0.29) is 17.4 Å². The van der Waals surface area contributed by atoms with Crippen molar-refractivity contribution in [2.75, 3.05) is 47.1 Å². The van der Waals surface area contributed by atoms with Gasteiger partial charge in [-0.25, -0.2) is 0 Å². The van der Waals surface area contributed by atoms with Gasteiger partial charge in [0.2, 0.25) is 5.91 Å². The molecular weight excluding hydrogens is 244 g/mol. The van der Waals surface area contributed by atoms with E-state index in [0.29, 0.717) is 19.8 Å². The van der Waals surface area contributed by atoms with Gasteiger partial charge in [0, 0.05) is 26.2 Å². The van der Waals surface area contributed by atoms with Gasteiger partial charge in [0.05, 0.1) is 19.3 Å². The molecular formula is C14H28N2O3. The van der Waals surface area contributed by atoms with Crippen molar-refractivity contribution in [2.24, 2.45) is 5.41 Å². The van der Waals surface area contributed by atoms with Gasteiger partial charge in [-0.05, 0) is 32.9 Å². The minimum Gasteiger partial charge on any atom is -0.383 e. The predicted octanol–water partition coefficient (Wildman–Crippen LogP) is 0.886. The van der Waals surface area contributed by atoms with Crippen molar-refractivity contribution in [3.05, 3.63) is 0 Å². The highest BCUT2D eigenvalue weighted by Crippen LogP contribution is 2.31. The van der Waals surface area contributed by atoms with Crippen molar-refractivity contribution in [1.82, 2.24) is 10.2 Å². The van der Waals surface area contributed by atoms with Crippen LogP contribution in [-0.2, 0) is 14.3 Å². The molecule has 0 aliphatic carbocycles. The highest BCUT2D eigenvalue weighted by molar-refractivity contribution is 5.82. The number of amides is 1. The van der Waals surface area contributed by atoms with Crippen molar-refractivity contribution in [2.45, 2.75) is 32.7 Å². The van der Waals surface area contributed by atoms with Crippen LogP contribution in [0, 0.1) is 5.41 Å². The van der Waals surface area contributed by atoms with Gasteiger partial charge < -0.3 is 19.7 Å². The lowest BCUT2D eigenvalue weighted by atomic mass is 9.79. The molecule has 1 fully saturated rings. The standard InChI is InChI=1S/C14H28N2O3/c1-12(11-19-4)16(9-10-18-3)13(17)14(2)5-7-15-8-6-14/h12,15H,5-11H2,1-4H3. The van der Waals surface area contributed by atoms with E-state index in [1.54, 1.807) is 14.2 Å². The lowest BCUT2D eigenvalue weighted by Gasteiger charge is -2.39.